The average molecular weight is 466 g/mol. The van der Waals surface area contributed by atoms with Crippen LogP contribution in [0.15, 0.2) is 58.5 Å². The molecule has 1 saturated heterocycles. The highest BCUT2D eigenvalue weighted by Crippen LogP contribution is 2.37. The summed E-state index contributed by atoms with van der Waals surface area (Å²) in [6.07, 6.45) is 1.93. The van der Waals surface area contributed by atoms with Gasteiger partial charge in [-0.05, 0) is 37.1 Å². The Morgan fingerprint density at radius 1 is 1.06 bits per heavy atom. The Kier molecular flexibility index (Phi) is 5.76. The second kappa shape index (κ2) is 8.86. The van der Waals surface area contributed by atoms with E-state index in [1.54, 1.807) is 22.8 Å². The van der Waals surface area contributed by atoms with Crippen molar-refractivity contribution in [3.05, 3.63) is 69.0 Å². The zero-order chi connectivity index (χ0) is 22.9. The number of carbonyl (C=O) groups is 1. The van der Waals surface area contributed by atoms with E-state index < -0.39 is 4.92 Å². The highest BCUT2D eigenvalue weighted by molar-refractivity contribution is 7.99. The molecule has 0 bridgehead atoms. The number of para-hydroxylation sites is 1. The molecular formula is C23H23N5O4S. The molecular weight excluding hydrogens is 442 g/mol. The van der Waals surface area contributed by atoms with Crippen LogP contribution in [-0.4, -0.2) is 57.2 Å². The van der Waals surface area contributed by atoms with Crippen LogP contribution in [0.4, 0.5) is 11.4 Å². The fourth-order valence-electron chi connectivity index (χ4n) is 4.10. The molecule has 5 rings (SSSR count). The first-order chi connectivity index (χ1) is 16.0. The minimum absolute atomic E-state index is 0.0214. The molecule has 0 unspecified atom stereocenters. The summed E-state index contributed by atoms with van der Waals surface area (Å²) in [5, 5.41) is 12.1. The minimum Gasteiger partial charge on any atom is -0.368 e. The summed E-state index contributed by atoms with van der Waals surface area (Å²) < 4.78 is 1.76. The maximum atomic E-state index is 13.0. The van der Waals surface area contributed by atoms with E-state index in [1.165, 1.54) is 23.9 Å². The number of rotatable bonds is 6. The van der Waals surface area contributed by atoms with E-state index in [-0.39, 0.29) is 28.9 Å². The molecule has 0 radical (unpaired) electrons. The zero-order valence-corrected chi connectivity index (χ0v) is 18.7. The van der Waals surface area contributed by atoms with E-state index in [1.807, 2.05) is 23.1 Å². The minimum atomic E-state index is -0.412. The number of amides is 1. The molecule has 2 aromatic carbocycles. The fourth-order valence-corrected chi connectivity index (χ4v) is 5.07. The van der Waals surface area contributed by atoms with Gasteiger partial charge < -0.3 is 9.80 Å². The van der Waals surface area contributed by atoms with Gasteiger partial charge >= 0.3 is 0 Å². The van der Waals surface area contributed by atoms with Crippen molar-refractivity contribution in [3.8, 4) is 0 Å². The first-order valence-electron chi connectivity index (χ1n) is 10.9. The summed E-state index contributed by atoms with van der Waals surface area (Å²) in [4.78, 5) is 44.9. The molecule has 0 spiro atoms. The van der Waals surface area contributed by atoms with Gasteiger partial charge in [0.2, 0.25) is 5.91 Å². The largest absolute Gasteiger partial charge is 0.368 e. The van der Waals surface area contributed by atoms with Gasteiger partial charge in [0.1, 0.15) is 0 Å². The van der Waals surface area contributed by atoms with Crippen LogP contribution in [0.1, 0.15) is 18.9 Å². The van der Waals surface area contributed by atoms with Gasteiger partial charge in [0.25, 0.3) is 11.2 Å². The topological polar surface area (TPSA) is 102 Å². The molecule has 1 aliphatic heterocycles. The molecule has 1 aliphatic carbocycles. The van der Waals surface area contributed by atoms with Crippen LogP contribution in [-0.2, 0) is 4.79 Å². The Hall–Kier alpha value is -3.40. The monoisotopic (exact) mass is 465 g/mol. The molecule has 0 N–H and O–H groups in total. The summed E-state index contributed by atoms with van der Waals surface area (Å²) >= 11 is 1.33. The first-order valence-corrected chi connectivity index (χ1v) is 11.9. The van der Waals surface area contributed by atoms with E-state index in [4.69, 9.17) is 0 Å². The zero-order valence-electron chi connectivity index (χ0n) is 17.9. The van der Waals surface area contributed by atoms with Crippen LogP contribution in [0, 0.1) is 10.1 Å². The van der Waals surface area contributed by atoms with E-state index in [0.717, 1.165) is 18.5 Å². The second-order valence-corrected chi connectivity index (χ2v) is 9.19. The van der Waals surface area contributed by atoms with Crippen molar-refractivity contribution in [2.75, 3.05) is 36.8 Å². The molecule has 2 fully saturated rings. The molecule has 1 saturated carbocycles. The molecule has 3 aromatic rings. The van der Waals surface area contributed by atoms with Gasteiger partial charge in [-0.15, -0.1) is 0 Å². The van der Waals surface area contributed by atoms with Gasteiger partial charge in [-0.3, -0.25) is 24.3 Å². The lowest BCUT2D eigenvalue weighted by Gasteiger charge is -2.36. The fraction of sp³-hybridized carbons (Fsp3) is 0.348. The summed E-state index contributed by atoms with van der Waals surface area (Å²) in [6, 6.07) is 14.0. The van der Waals surface area contributed by atoms with Crippen molar-refractivity contribution in [1.82, 2.24) is 14.5 Å². The smallest absolute Gasteiger partial charge is 0.269 e. The number of benzene rings is 2. The van der Waals surface area contributed by atoms with E-state index in [9.17, 15) is 19.7 Å². The Morgan fingerprint density at radius 2 is 1.76 bits per heavy atom. The molecule has 1 amide bonds. The third kappa shape index (κ3) is 4.43. The van der Waals surface area contributed by atoms with Gasteiger partial charge in [-0.2, -0.15) is 0 Å². The summed E-state index contributed by atoms with van der Waals surface area (Å²) in [5.41, 5.74) is 1.60. The predicted molar refractivity (Wildman–Crippen MR) is 127 cm³/mol. The maximum Gasteiger partial charge on any atom is 0.269 e. The molecule has 9 nitrogen and oxygen atoms in total. The molecule has 2 aliphatic rings. The van der Waals surface area contributed by atoms with Crippen molar-refractivity contribution in [3.63, 3.8) is 0 Å². The number of nitro groups is 1. The lowest BCUT2D eigenvalue weighted by Crippen LogP contribution is -2.49. The van der Waals surface area contributed by atoms with Gasteiger partial charge in [-0.1, -0.05) is 23.9 Å². The normalized spacial score (nSPS) is 16.2. The van der Waals surface area contributed by atoms with Gasteiger partial charge in [0.05, 0.1) is 21.6 Å². The van der Waals surface area contributed by atoms with Crippen molar-refractivity contribution in [2.45, 2.75) is 24.0 Å². The standard InChI is InChI=1S/C23H23N5O4S/c29-21(26-13-11-25(12-14-26)16-5-9-18(10-6-16)28(31)32)15-33-23-24-20-4-2-1-3-19(20)22(30)27(23)17-7-8-17/h1-6,9-10,17H,7-8,11-15H2. The molecule has 1 aromatic heterocycles. The van der Waals surface area contributed by atoms with Crippen LogP contribution in [0.5, 0.6) is 0 Å². The molecule has 170 valence electrons. The van der Waals surface area contributed by atoms with Crippen LogP contribution in [0.2, 0.25) is 0 Å². The number of anilines is 1. The molecule has 0 atom stereocenters. The number of piperazine rings is 1. The Morgan fingerprint density at radius 3 is 2.42 bits per heavy atom. The number of hydrogen-bond acceptors (Lipinski definition) is 7. The van der Waals surface area contributed by atoms with Crippen LogP contribution < -0.4 is 10.5 Å². The van der Waals surface area contributed by atoms with Crippen molar-refractivity contribution in [2.24, 2.45) is 0 Å². The quantitative estimate of drug-likeness (QED) is 0.239. The number of hydrogen-bond donors (Lipinski definition) is 0. The third-order valence-corrected chi connectivity index (χ3v) is 7.01. The molecule has 10 heteroatoms. The van der Waals surface area contributed by atoms with Gasteiger partial charge in [0.15, 0.2) is 5.16 Å². The number of fused-ring (bicyclic) bond motifs is 1. The maximum absolute atomic E-state index is 13.0. The molecule has 2 heterocycles. The summed E-state index contributed by atoms with van der Waals surface area (Å²) in [6.45, 7) is 2.48. The van der Waals surface area contributed by atoms with E-state index in [0.29, 0.717) is 42.2 Å². The number of carbonyl (C=O) groups excluding carboxylic acids is 1. The highest BCUT2D eigenvalue weighted by Gasteiger charge is 2.29. The number of thioether (sulfide) groups is 1. The lowest BCUT2D eigenvalue weighted by molar-refractivity contribution is -0.384. The van der Waals surface area contributed by atoms with Crippen molar-refractivity contribution in [1.29, 1.82) is 0 Å². The Balaban J connectivity index is 1.23. The summed E-state index contributed by atoms with van der Waals surface area (Å²) in [7, 11) is 0. The Labute approximate surface area is 194 Å². The predicted octanol–water partition coefficient (Wildman–Crippen LogP) is 3.08. The van der Waals surface area contributed by atoms with E-state index in [2.05, 4.69) is 9.88 Å². The van der Waals surface area contributed by atoms with Gasteiger partial charge in [0, 0.05) is 50.0 Å². The lowest BCUT2D eigenvalue weighted by atomic mass is 10.2. The van der Waals surface area contributed by atoms with Crippen molar-refractivity contribution < 1.29 is 9.72 Å². The highest BCUT2D eigenvalue weighted by atomic mass is 32.2. The van der Waals surface area contributed by atoms with Crippen LogP contribution in [0.25, 0.3) is 10.9 Å². The van der Waals surface area contributed by atoms with Crippen molar-refractivity contribution >= 4 is 39.9 Å². The first kappa shape index (κ1) is 21.4. The van der Waals surface area contributed by atoms with Crippen LogP contribution in [0.3, 0.4) is 0 Å². The number of non-ortho nitro benzene ring substituents is 1. The van der Waals surface area contributed by atoms with Gasteiger partial charge in [-0.25, -0.2) is 4.98 Å². The number of aromatic nitrogens is 2. The van der Waals surface area contributed by atoms with E-state index >= 15 is 0 Å². The number of nitrogens with zero attached hydrogens (tertiary/aromatic N) is 5. The third-order valence-electron chi connectivity index (χ3n) is 6.07. The summed E-state index contributed by atoms with van der Waals surface area (Å²) in [5.74, 6) is 0.253. The molecule has 33 heavy (non-hydrogen) atoms. The second-order valence-electron chi connectivity index (χ2n) is 8.25. The average Bonchev–Trinajstić information content (AvgIpc) is 3.68. The number of nitro benzene ring substituents is 1. The van der Waals surface area contributed by atoms with Crippen LogP contribution >= 0.6 is 11.8 Å². The Bertz CT molecular complexity index is 1260. The SMILES string of the molecule is O=C(CSc1nc2ccccc2c(=O)n1C1CC1)N1CCN(c2ccc([N+](=O)[O-])cc2)CC1.